The quantitative estimate of drug-likeness (QED) is 0.750. The van der Waals surface area contributed by atoms with Crippen molar-refractivity contribution in [3.63, 3.8) is 0 Å². The molecule has 0 radical (unpaired) electrons. The molecular weight excluding hydrogens is 344 g/mol. The lowest BCUT2D eigenvalue weighted by molar-refractivity contribution is -0.146. The first kappa shape index (κ1) is 19.4. The van der Waals surface area contributed by atoms with Crippen molar-refractivity contribution in [2.75, 3.05) is 26.2 Å². The van der Waals surface area contributed by atoms with Crippen molar-refractivity contribution >= 4 is 11.9 Å². The van der Waals surface area contributed by atoms with Gasteiger partial charge in [-0.25, -0.2) is 0 Å². The van der Waals surface area contributed by atoms with Crippen molar-refractivity contribution < 1.29 is 19.8 Å². The van der Waals surface area contributed by atoms with E-state index >= 15 is 0 Å². The van der Waals surface area contributed by atoms with Gasteiger partial charge < -0.3 is 15.1 Å². The van der Waals surface area contributed by atoms with Crippen LogP contribution in [0.3, 0.4) is 0 Å². The predicted molar refractivity (Wildman–Crippen MR) is 102 cm³/mol. The Morgan fingerprint density at radius 1 is 1.30 bits per heavy atom. The van der Waals surface area contributed by atoms with Crippen molar-refractivity contribution in [2.24, 2.45) is 11.3 Å². The van der Waals surface area contributed by atoms with Gasteiger partial charge in [0.15, 0.2) is 0 Å². The molecule has 1 aromatic rings. The van der Waals surface area contributed by atoms with Gasteiger partial charge in [-0.1, -0.05) is 18.2 Å². The van der Waals surface area contributed by atoms with Crippen LogP contribution in [0.25, 0.3) is 0 Å². The molecule has 1 amide bonds. The summed E-state index contributed by atoms with van der Waals surface area (Å²) in [7, 11) is 0. The first-order chi connectivity index (χ1) is 12.9. The number of phenols is 1. The molecule has 146 valence electrons. The molecule has 2 heterocycles. The van der Waals surface area contributed by atoms with Crippen LogP contribution in [0.2, 0.25) is 0 Å². The number of amides is 1. The molecule has 2 saturated heterocycles. The Morgan fingerprint density at radius 2 is 2.04 bits per heavy atom. The normalized spacial score (nSPS) is 22.1. The molecule has 6 heteroatoms. The van der Waals surface area contributed by atoms with E-state index in [2.05, 4.69) is 11.5 Å². The number of carboxylic acid groups (broad SMARTS) is 1. The number of phenolic OH excluding ortho intramolecular Hbond substituents is 1. The summed E-state index contributed by atoms with van der Waals surface area (Å²) in [4.78, 5) is 28.2. The van der Waals surface area contributed by atoms with E-state index in [9.17, 15) is 19.8 Å². The maximum atomic E-state index is 12.2. The monoisotopic (exact) mass is 372 g/mol. The molecule has 2 N–H and O–H groups in total. The van der Waals surface area contributed by atoms with Gasteiger partial charge in [-0.3, -0.25) is 14.5 Å². The molecule has 1 spiro atoms. The van der Waals surface area contributed by atoms with Gasteiger partial charge in [0, 0.05) is 44.6 Å². The fourth-order valence-electron chi connectivity index (χ4n) is 4.54. The maximum Gasteiger partial charge on any atom is 0.308 e. The highest BCUT2D eigenvalue weighted by Crippen LogP contribution is 2.45. The van der Waals surface area contributed by atoms with Crippen LogP contribution in [0.5, 0.6) is 5.75 Å². The van der Waals surface area contributed by atoms with Crippen molar-refractivity contribution in [1.82, 2.24) is 9.80 Å². The number of carboxylic acids is 1. The standard InChI is InChI=1S/C21H28N2O4/c1-2-3-7-19(25)23-10-8-21(9-11-23)15-22(14-18(21)20(26)27)13-16-5-4-6-17(24)12-16/h2,4-6,12,18,24H,1,3,7-11,13-15H2,(H,26,27). The molecule has 6 nitrogen and oxygen atoms in total. The molecule has 0 aliphatic carbocycles. The lowest BCUT2D eigenvalue weighted by atomic mass is 9.71. The summed E-state index contributed by atoms with van der Waals surface area (Å²) < 4.78 is 0. The highest BCUT2D eigenvalue weighted by molar-refractivity contribution is 5.76. The molecule has 2 aliphatic rings. The van der Waals surface area contributed by atoms with Gasteiger partial charge in [-0.05, 0) is 37.0 Å². The summed E-state index contributed by atoms with van der Waals surface area (Å²) >= 11 is 0. The van der Waals surface area contributed by atoms with Gasteiger partial charge in [0.1, 0.15) is 5.75 Å². The third-order valence-corrected chi connectivity index (χ3v) is 6.01. The number of rotatable bonds is 6. The minimum absolute atomic E-state index is 0.131. The number of aliphatic carboxylic acids is 1. The van der Waals surface area contributed by atoms with E-state index in [-0.39, 0.29) is 17.1 Å². The first-order valence-corrected chi connectivity index (χ1v) is 9.55. The van der Waals surface area contributed by atoms with Crippen molar-refractivity contribution in [3.05, 3.63) is 42.5 Å². The first-order valence-electron chi connectivity index (χ1n) is 9.55. The second-order valence-electron chi connectivity index (χ2n) is 7.80. The molecule has 3 rings (SSSR count). The molecule has 2 fully saturated rings. The Kier molecular flexibility index (Phi) is 5.85. The van der Waals surface area contributed by atoms with Crippen LogP contribution < -0.4 is 0 Å². The summed E-state index contributed by atoms with van der Waals surface area (Å²) in [6.07, 6.45) is 4.35. The van der Waals surface area contributed by atoms with Gasteiger partial charge in [-0.15, -0.1) is 6.58 Å². The van der Waals surface area contributed by atoms with E-state index in [1.165, 1.54) is 0 Å². The van der Waals surface area contributed by atoms with E-state index in [0.717, 1.165) is 18.4 Å². The highest BCUT2D eigenvalue weighted by Gasteiger charge is 2.51. The number of carbonyl (C=O) groups is 2. The van der Waals surface area contributed by atoms with Gasteiger partial charge in [0.2, 0.25) is 5.91 Å². The summed E-state index contributed by atoms with van der Waals surface area (Å²) in [5.74, 6) is -0.811. The zero-order valence-electron chi connectivity index (χ0n) is 15.6. The minimum Gasteiger partial charge on any atom is -0.508 e. The van der Waals surface area contributed by atoms with Crippen LogP contribution in [-0.2, 0) is 16.1 Å². The third-order valence-electron chi connectivity index (χ3n) is 6.01. The number of aromatic hydroxyl groups is 1. The maximum absolute atomic E-state index is 12.2. The number of hydrogen-bond acceptors (Lipinski definition) is 4. The predicted octanol–water partition coefficient (Wildman–Crippen LogP) is 2.48. The second-order valence-corrected chi connectivity index (χ2v) is 7.80. The minimum atomic E-state index is -0.750. The van der Waals surface area contributed by atoms with Crippen LogP contribution in [0.1, 0.15) is 31.2 Å². The smallest absolute Gasteiger partial charge is 0.308 e. The van der Waals surface area contributed by atoms with Gasteiger partial charge >= 0.3 is 5.97 Å². The van der Waals surface area contributed by atoms with Crippen molar-refractivity contribution in [1.29, 1.82) is 0 Å². The Hall–Kier alpha value is -2.34. The van der Waals surface area contributed by atoms with E-state index in [0.29, 0.717) is 45.6 Å². The van der Waals surface area contributed by atoms with E-state index in [4.69, 9.17) is 0 Å². The third kappa shape index (κ3) is 4.33. The summed E-state index contributed by atoms with van der Waals surface area (Å²) in [5.41, 5.74) is 0.700. The SMILES string of the molecule is C=CCCC(=O)N1CCC2(CC1)CN(Cc1cccc(O)c1)CC2C(=O)O. The molecule has 1 unspecified atom stereocenters. The van der Waals surface area contributed by atoms with Gasteiger partial charge in [0.05, 0.1) is 5.92 Å². The van der Waals surface area contributed by atoms with Crippen LogP contribution >= 0.6 is 0 Å². The van der Waals surface area contributed by atoms with E-state index < -0.39 is 11.9 Å². The Labute approximate surface area is 160 Å². The number of nitrogens with zero attached hydrogens (tertiary/aromatic N) is 2. The average Bonchev–Trinajstić information content (AvgIpc) is 2.98. The second kappa shape index (κ2) is 8.13. The molecule has 1 atom stereocenters. The lowest BCUT2D eigenvalue weighted by Gasteiger charge is -2.41. The molecule has 0 aromatic heterocycles. The van der Waals surface area contributed by atoms with Crippen LogP contribution in [0, 0.1) is 11.3 Å². The Morgan fingerprint density at radius 3 is 2.67 bits per heavy atom. The number of piperidine rings is 1. The van der Waals surface area contributed by atoms with Crippen molar-refractivity contribution in [3.8, 4) is 5.75 Å². The zero-order valence-corrected chi connectivity index (χ0v) is 15.6. The molecule has 2 aliphatic heterocycles. The number of carbonyl (C=O) groups excluding carboxylic acids is 1. The van der Waals surface area contributed by atoms with Gasteiger partial charge in [0.25, 0.3) is 0 Å². The largest absolute Gasteiger partial charge is 0.508 e. The average molecular weight is 372 g/mol. The summed E-state index contributed by atoms with van der Waals surface area (Å²) in [5, 5.41) is 19.4. The van der Waals surface area contributed by atoms with Gasteiger partial charge in [-0.2, -0.15) is 0 Å². The van der Waals surface area contributed by atoms with E-state index in [1.54, 1.807) is 24.3 Å². The molecule has 27 heavy (non-hydrogen) atoms. The fraction of sp³-hybridized carbons (Fsp3) is 0.524. The number of allylic oxidation sites excluding steroid dienone is 1. The van der Waals surface area contributed by atoms with Crippen LogP contribution in [0.15, 0.2) is 36.9 Å². The van der Waals surface area contributed by atoms with Crippen molar-refractivity contribution in [2.45, 2.75) is 32.2 Å². The topological polar surface area (TPSA) is 81.1 Å². The van der Waals surface area contributed by atoms with Crippen LogP contribution in [-0.4, -0.2) is 58.1 Å². The number of likely N-dealkylation sites (tertiary alicyclic amines) is 2. The molecular formula is C21H28N2O4. The molecule has 1 aromatic carbocycles. The number of hydrogen-bond donors (Lipinski definition) is 2. The Balaban J connectivity index is 1.66. The van der Waals surface area contributed by atoms with E-state index in [1.807, 2.05) is 11.0 Å². The lowest BCUT2D eigenvalue weighted by Crippen LogP contribution is -2.47. The number of benzene rings is 1. The van der Waals surface area contributed by atoms with Crippen LogP contribution in [0.4, 0.5) is 0 Å². The highest BCUT2D eigenvalue weighted by atomic mass is 16.4. The molecule has 0 saturated carbocycles. The fourth-order valence-corrected chi connectivity index (χ4v) is 4.54. The Bertz CT molecular complexity index is 710. The molecule has 0 bridgehead atoms. The zero-order chi connectivity index (χ0) is 19.4. The summed E-state index contributed by atoms with van der Waals surface area (Å²) in [6.45, 7) is 6.76. The summed E-state index contributed by atoms with van der Waals surface area (Å²) in [6, 6.07) is 7.11.